The van der Waals surface area contributed by atoms with Crippen LogP contribution in [0, 0.1) is 0 Å². The highest BCUT2D eigenvalue weighted by Gasteiger charge is 2.22. The standard InChI is InChI=1S/C12H22N2O3S2/c1-12(2,17-4)9-14-19(15,16)11-6-5-10(18-11)7-8-13-3/h5-6,13-14H,7-9H2,1-4H3. The monoisotopic (exact) mass is 306 g/mol. The Kier molecular flexibility index (Phi) is 5.94. The molecular formula is C12H22N2O3S2. The SMILES string of the molecule is CNCCc1ccc(S(=O)(=O)NCC(C)(C)OC)s1. The van der Waals surface area contributed by atoms with E-state index in [2.05, 4.69) is 10.0 Å². The van der Waals surface area contributed by atoms with Gasteiger partial charge in [-0.05, 0) is 46.0 Å². The Morgan fingerprint density at radius 1 is 1.37 bits per heavy atom. The molecule has 0 bridgehead atoms. The molecule has 110 valence electrons. The molecule has 0 unspecified atom stereocenters. The molecule has 1 aromatic heterocycles. The summed E-state index contributed by atoms with van der Waals surface area (Å²) in [7, 11) is -0.000230. The molecule has 0 atom stereocenters. The molecule has 2 N–H and O–H groups in total. The molecule has 0 aliphatic heterocycles. The molecule has 0 saturated heterocycles. The van der Waals surface area contributed by atoms with Gasteiger partial charge >= 0.3 is 0 Å². The zero-order chi connectivity index (χ0) is 14.5. The quantitative estimate of drug-likeness (QED) is 0.758. The summed E-state index contributed by atoms with van der Waals surface area (Å²) in [5.74, 6) is 0. The fraction of sp³-hybridized carbons (Fsp3) is 0.667. The molecule has 1 aromatic rings. The first-order valence-electron chi connectivity index (χ1n) is 6.09. The number of nitrogens with one attached hydrogen (secondary N) is 2. The number of sulfonamides is 1. The molecule has 0 aromatic carbocycles. The second-order valence-corrected chi connectivity index (χ2v) is 8.02. The number of thiophene rings is 1. The van der Waals surface area contributed by atoms with Gasteiger partial charge in [-0.3, -0.25) is 0 Å². The maximum absolute atomic E-state index is 12.1. The lowest BCUT2D eigenvalue weighted by atomic mass is 10.1. The Labute approximate surface area is 119 Å². The van der Waals surface area contributed by atoms with E-state index in [0.29, 0.717) is 4.21 Å². The van der Waals surface area contributed by atoms with Gasteiger partial charge in [0.05, 0.1) is 5.60 Å². The van der Waals surface area contributed by atoms with E-state index in [1.54, 1.807) is 13.2 Å². The normalized spacial score (nSPS) is 12.8. The van der Waals surface area contributed by atoms with Crippen LogP contribution in [0.5, 0.6) is 0 Å². The molecular weight excluding hydrogens is 284 g/mol. The van der Waals surface area contributed by atoms with Crippen molar-refractivity contribution in [3.63, 3.8) is 0 Å². The lowest BCUT2D eigenvalue weighted by Crippen LogP contribution is -2.39. The maximum atomic E-state index is 12.1. The van der Waals surface area contributed by atoms with Crippen molar-refractivity contribution in [1.82, 2.24) is 10.0 Å². The predicted octanol–water partition coefficient (Wildman–Crippen LogP) is 1.21. The van der Waals surface area contributed by atoms with Gasteiger partial charge in [0.2, 0.25) is 10.0 Å². The topological polar surface area (TPSA) is 67.4 Å². The van der Waals surface area contributed by atoms with Crippen LogP contribution in [0.1, 0.15) is 18.7 Å². The summed E-state index contributed by atoms with van der Waals surface area (Å²) in [5, 5.41) is 3.04. The Morgan fingerprint density at radius 3 is 2.63 bits per heavy atom. The van der Waals surface area contributed by atoms with Gasteiger partial charge in [-0.2, -0.15) is 0 Å². The minimum atomic E-state index is -3.44. The summed E-state index contributed by atoms with van der Waals surface area (Å²) in [4.78, 5) is 1.06. The average molecular weight is 306 g/mol. The molecule has 1 rings (SSSR count). The third-order valence-corrected chi connectivity index (χ3v) is 5.80. The van der Waals surface area contributed by atoms with Crippen molar-refractivity contribution in [1.29, 1.82) is 0 Å². The molecule has 1 heterocycles. The number of methoxy groups -OCH3 is 1. The van der Waals surface area contributed by atoms with E-state index in [1.807, 2.05) is 27.0 Å². The van der Waals surface area contributed by atoms with E-state index >= 15 is 0 Å². The molecule has 7 heteroatoms. The molecule has 0 amide bonds. The van der Waals surface area contributed by atoms with Crippen molar-refractivity contribution in [2.75, 3.05) is 27.2 Å². The number of hydrogen-bond acceptors (Lipinski definition) is 5. The van der Waals surface area contributed by atoms with Crippen molar-refractivity contribution in [3.8, 4) is 0 Å². The Hall–Kier alpha value is -0.470. The van der Waals surface area contributed by atoms with Gasteiger partial charge in [-0.15, -0.1) is 11.3 Å². The van der Waals surface area contributed by atoms with Crippen LogP contribution < -0.4 is 10.0 Å². The van der Waals surface area contributed by atoms with E-state index in [1.165, 1.54) is 11.3 Å². The number of hydrogen-bond donors (Lipinski definition) is 2. The van der Waals surface area contributed by atoms with Crippen molar-refractivity contribution in [3.05, 3.63) is 17.0 Å². The minimum absolute atomic E-state index is 0.246. The number of rotatable bonds is 8. The summed E-state index contributed by atoms with van der Waals surface area (Å²) < 4.78 is 32.3. The summed E-state index contributed by atoms with van der Waals surface area (Å²) in [6.07, 6.45) is 0.834. The van der Waals surface area contributed by atoms with Crippen LogP contribution in [0.2, 0.25) is 0 Å². The fourth-order valence-electron chi connectivity index (χ4n) is 1.30. The lowest BCUT2D eigenvalue weighted by molar-refractivity contribution is 0.0276. The van der Waals surface area contributed by atoms with Gasteiger partial charge in [0.25, 0.3) is 0 Å². The van der Waals surface area contributed by atoms with E-state index in [4.69, 9.17) is 4.74 Å². The Balaban J connectivity index is 2.69. The van der Waals surface area contributed by atoms with Crippen LogP contribution >= 0.6 is 11.3 Å². The first-order chi connectivity index (χ1) is 8.80. The lowest BCUT2D eigenvalue weighted by Gasteiger charge is -2.22. The van der Waals surface area contributed by atoms with Crippen LogP contribution in [0.25, 0.3) is 0 Å². The molecule has 0 spiro atoms. The third kappa shape index (κ3) is 5.19. The summed E-state index contributed by atoms with van der Waals surface area (Å²) in [6.45, 7) is 4.75. The van der Waals surface area contributed by atoms with Gasteiger partial charge in [-0.25, -0.2) is 13.1 Å². The van der Waals surface area contributed by atoms with Crippen LogP contribution in [0.3, 0.4) is 0 Å². The summed E-state index contributed by atoms with van der Waals surface area (Å²) >= 11 is 1.31. The molecule has 19 heavy (non-hydrogen) atoms. The maximum Gasteiger partial charge on any atom is 0.250 e. The second-order valence-electron chi connectivity index (χ2n) is 4.86. The van der Waals surface area contributed by atoms with Crippen LogP contribution in [0.4, 0.5) is 0 Å². The molecule has 0 radical (unpaired) electrons. The number of likely N-dealkylation sites (N-methyl/N-ethyl adjacent to an activating group) is 1. The van der Waals surface area contributed by atoms with Gasteiger partial charge in [0.15, 0.2) is 0 Å². The zero-order valence-electron chi connectivity index (χ0n) is 11.8. The van der Waals surface area contributed by atoms with Gasteiger partial charge < -0.3 is 10.1 Å². The minimum Gasteiger partial charge on any atom is -0.377 e. The van der Waals surface area contributed by atoms with Crippen LogP contribution in [-0.2, 0) is 21.2 Å². The highest BCUT2D eigenvalue weighted by molar-refractivity contribution is 7.91. The van der Waals surface area contributed by atoms with E-state index in [0.717, 1.165) is 17.8 Å². The van der Waals surface area contributed by atoms with Gasteiger partial charge in [0, 0.05) is 18.5 Å². The highest BCUT2D eigenvalue weighted by Crippen LogP contribution is 2.22. The van der Waals surface area contributed by atoms with E-state index in [9.17, 15) is 8.42 Å². The van der Waals surface area contributed by atoms with Gasteiger partial charge in [0.1, 0.15) is 4.21 Å². The molecule has 5 nitrogen and oxygen atoms in total. The van der Waals surface area contributed by atoms with Crippen molar-refractivity contribution in [2.24, 2.45) is 0 Å². The summed E-state index contributed by atoms with van der Waals surface area (Å²) in [5.41, 5.74) is -0.515. The van der Waals surface area contributed by atoms with E-state index < -0.39 is 15.6 Å². The zero-order valence-corrected chi connectivity index (χ0v) is 13.5. The Morgan fingerprint density at radius 2 is 2.05 bits per heavy atom. The van der Waals surface area contributed by atoms with Crippen LogP contribution in [0.15, 0.2) is 16.3 Å². The number of ether oxygens (including phenoxy) is 1. The Bertz CT molecular complexity index is 495. The van der Waals surface area contributed by atoms with Crippen molar-refractivity contribution < 1.29 is 13.2 Å². The third-order valence-electron chi connectivity index (χ3n) is 2.76. The summed E-state index contributed by atoms with van der Waals surface area (Å²) in [6, 6.07) is 3.51. The highest BCUT2D eigenvalue weighted by atomic mass is 32.2. The fourth-order valence-corrected chi connectivity index (χ4v) is 3.90. The van der Waals surface area contributed by atoms with Gasteiger partial charge in [-0.1, -0.05) is 0 Å². The predicted molar refractivity (Wildman–Crippen MR) is 78.2 cm³/mol. The smallest absolute Gasteiger partial charge is 0.250 e. The average Bonchev–Trinajstić information content (AvgIpc) is 2.84. The largest absolute Gasteiger partial charge is 0.377 e. The van der Waals surface area contributed by atoms with Crippen LogP contribution in [-0.4, -0.2) is 41.3 Å². The molecule has 0 fully saturated rings. The first kappa shape index (κ1) is 16.6. The first-order valence-corrected chi connectivity index (χ1v) is 8.39. The second kappa shape index (κ2) is 6.81. The van der Waals surface area contributed by atoms with Crippen molar-refractivity contribution >= 4 is 21.4 Å². The molecule has 0 saturated carbocycles. The van der Waals surface area contributed by atoms with Crippen molar-refractivity contribution in [2.45, 2.75) is 30.1 Å². The molecule has 0 aliphatic rings. The van der Waals surface area contributed by atoms with E-state index in [-0.39, 0.29) is 6.54 Å². The molecule has 0 aliphatic carbocycles.